The Kier molecular flexibility index (Phi) is 3.24. The molecule has 68 valence electrons. The van der Waals surface area contributed by atoms with Crippen LogP contribution in [0.25, 0.3) is 0 Å². The maximum atomic E-state index is 11.6. The van der Waals surface area contributed by atoms with Crippen molar-refractivity contribution < 1.29 is 4.79 Å². The number of thiophene rings is 1. The summed E-state index contributed by atoms with van der Waals surface area (Å²) < 4.78 is 0. The number of ketones is 1. The Hall–Kier alpha value is -1.11. The number of hydrogen-bond donors (Lipinski definition) is 1. The quantitative estimate of drug-likeness (QED) is 0.585. The van der Waals surface area contributed by atoms with Gasteiger partial charge in [0, 0.05) is 16.9 Å². The molecule has 13 heavy (non-hydrogen) atoms. The van der Waals surface area contributed by atoms with E-state index in [9.17, 15) is 4.79 Å². The van der Waals surface area contributed by atoms with Crippen LogP contribution in [0.5, 0.6) is 0 Å². The molecule has 0 amide bonds. The number of aryl methyl sites for hydroxylation is 1. The van der Waals surface area contributed by atoms with Crippen molar-refractivity contribution in [3.63, 3.8) is 0 Å². The highest BCUT2D eigenvalue weighted by atomic mass is 32.1. The van der Waals surface area contributed by atoms with Gasteiger partial charge >= 0.3 is 0 Å². The summed E-state index contributed by atoms with van der Waals surface area (Å²) in [5.74, 6) is 2.33. The van der Waals surface area contributed by atoms with E-state index in [1.807, 2.05) is 12.3 Å². The highest BCUT2D eigenvalue weighted by molar-refractivity contribution is 7.10. The van der Waals surface area contributed by atoms with E-state index >= 15 is 0 Å². The van der Waals surface area contributed by atoms with Crippen molar-refractivity contribution in [3.05, 3.63) is 21.9 Å². The topological polar surface area (TPSA) is 43.1 Å². The lowest BCUT2D eigenvalue weighted by Crippen LogP contribution is -2.30. The first kappa shape index (κ1) is 9.97. The second-order valence-electron chi connectivity index (χ2n) is 2.77. The van der Waals surface area contributed by atoms with E-state index in [0.717, 1.165) is 4.88 Å². The second-order valence-corrected chi connectivity index (χ2v) is 3.89. The minimum atomic E-state index is -0.557. The Morgan fingerprint density at radius 2 is 2.54 bits per heavy atom. The fraction of sp³-hybridized carbons (Fsp3) is 0.300. The fourth-order valence-electron chi connectivity index (χ4n) is 1.06. The number of Topliss-reactive ketones (excluding diaryl/α,β-unsaturated/α-hetero) is 1. The van der Waals surface area contributed by atoms with Gasteiger partial charge in [0.05, 0.1) is 6.04 Å². The lowest BCUT2D eigenvalue weighted by molar-refractivity contribution is 0.0963. The number of carbonyl (C=O) groups is 1. The molecule has 1 heterocycles. The van der Waals surface area contributed by atoms with Gasteiger partial charge in [-0.1, -0.05) is 0 Å². The van der Waals surface area contributed by atoms with Crippen LogP contribution in [0, 0.1) is 19.3 Å². The number of terminal acetylenes is 1. The first-order valence-corrected chi connectivity index (χ1v) is 4.82. The Labute approximate surface area is 81.8 Å². The summed E-state index contributed by atoms with van der Waals surface area (Å²) in [6, 6.07) is 1.23. The summed E-state index contributed by atoms with van der Waals surface area (Å²) >= 11 is 1.54. The predicted octanol–water partition coefficient (Wildman–Crippen LogP) is 1.59. The van der Waals surface area contributed by atoms with Crippen molar-refractivity contribution in [1.29, 1.82) is 0 Å². The molecule has 1 atom stereocenters. The molecule has 3 heteroatoms. The Balaban J connectivity index is 2.81. The van der Waals surface area contributed by atoms with Crippen molar-refractivity contribution in [2.45, 2.75) is 19.4 Å². The largest absolute Gasteiger partial charge is 0.320 e. The first-order valence-electron chi connectivity index (χ1n) is 3.94. The van der Waals surface area contributed by atoms with Gasteiger partial charge in [0.1, 0.15) is 0 Å². The van der Waals surface area contributed by atoms with E-state index in [4.69, 9.17) is 12.2 Å². The molecule has 0 saturated heterocycles. The molecule has 0 fully saturated rings. The predicted molar refractivity (Wildman–Crippen MR) is 54.8 cm³/mol. The van der Waals surface area contributed by atoms with Gasteiger partial charge in [-0.25, -0.2) is 0 Å². The van der Waals surface area contributed by atoms with E-state index < -0.39 is 6.04 Å². The van der Waals surface area contributed by atoms with Crippen molar-refractivity contribution >= 4 is 17.1 Å². The van der Waals surface area contributed by atoms with Crippen LogP contribution in [0.15, 0.2) is 11.4 Å². The fourth-order valence-corrected chi connectivity index (χ4v) is 1.76. The van der Waals surface area contributed by atoms with E-state index in [1.165, 1.54) is 0 Å². The zero-order chi connectivity index (χ0) is 9.84. The van der Waals surface area contributed by atoms with Gasteiger partial charge in [0.25, 0.3) is 0 Å². The maximum absolute atomic E-state index is 11.6. The average Bonchev–Trinajstić information content (AvgIpc) is 2.50. The third kappa shape index (κ3) is 2.18. The second kappa shape index (κ2) is 4.22. The number of hydrogen-bond acceptors (Lipinski definition) is 3. The summed E-state index contributed by atoms with van der Waals surface area (Å²) in [5.41, 5.74) is 6.30. The van der Waals surface area contributed by atoms with Crippen molar-refractivity contribution in [2.24, 2.45) is 5.73 Å². The molecular weight excluding hydrogens is 182 g/mol. The molecule has 2 N–H and O–H groups in total. The molecule has 0 aliphatic carbocycles. The van der Waals surface area contributed by atoms with E-state index in [-0.39, 0.29) is 5.78 Å². The summed E-state index contributed by atoms with van der Waals surface area (Å²) in [4.78, 5) is 12.6. The zero-order valence-corrected chi connectivity index (χ0v) is 8.23. The summed E-state index contributed by atoms with van der Waals surface area (Å²) in [7, 11) is 0. The van der Waals surface area contributed by atoms with Gasteiger partial charge in [-0.15, -0.1) is 23.7 Å². The van der Waals surface area contributed by atoms with Crippen LogP contribution in [-0.2, 0) is 0 Å². The van der Waals surface area contributed by atoms with E-state index in [2.05, 4.69) is 5.92 Å². The molecule has 0 saturated carbocycles. The molecular formula is C10H11NOS. The SMILES string of the molecule is C#CCC(N)C(=O)c1ccsc1C. The summed E-state index contributed by atoms with van der Waals surface area (Å²) in [5, 5.41) is 1.88. The Morgan fingerprint density at radius 3 is 3.00 bits per heavy atom. The monoisotopic (exact) mass is 193 g/mol. The minimum Gasteiger partial charge on any atom is -0.320 e. The van der Waals surface area contributed by atoms with Crippen LogP contribution in [0.1, 0.15) is 21.7 Å². The van der Waals surface area contributed by atoms with Crippen molar-refractivity contribution in [3.8, 4) is 12.3 Å². The van der Waals surface area contributed by atoms with Gasteiger partial charge in [-0.2, -0.15) is 0 Å². The van der Waals surface area contributed by atoms with Gasteiger partial charge in [0.15, 0.2) is 5.78 Å². The third-order valence-corrected chi connectivity index (χ3v) is 2.64. The molecule has 0 aliphatic heterocycles. The Morgan fingerprint density at radius 1 is 1.85 bits per heavy atom. The van der Waals surface area contributed by atoms with Gasteiger partial charge in [0.2, 0.25) is 0 Å². The molecule has 0 radical (unpaired) electrons. The number of rotatable bonds is 3. The Bertz CT molecular complexity index is 348. The summed E-state index contributed by atoms with van der Waals surface area (Å²) in [6.07, 6.45) is 5.38. The van der Waals surface area contributed by atoms with Crippen LogP contribution in [0.4, 0.5) is 0 Å². The molecule has 2 nitrogen and oxygen atoms in total. The molecule has 1 aromatic rings. The molecule has 0 bridgehead atoms. The summed E-state index contributed by atoms with van der Waals surface area (Å²) in [6.45, 7) is 1.90. The van der Waals surface area contributed by atoms with E-state index in [1.54, 1.807) is 17.4 Å². The maximum Gasteiger partial charge on any atom is 0.181 e. The zero-order valence-electron chi connectivity index (χ0n) is 7.41. The van der Waals surface area contributed by atoms with Gasteiger partial charge in [-0.3, -0.25) is 4.79 Å². The smallest absolute Gasteiger partial charge is 0.181 e. The average molecular weight is 193 g/mol. The number of carbonyl (C=O) groups excluding carboxylic acids is 1. The van der Waals surface area contributed by atoms with Gasteiger partial charge < -0.3 is 5.73 Å². The highest BCUT2D eigenvalue weighted by Gasteiger charge is 2.16. The van der Waals surface area contributed by atoms with Crippen LogP contribution < -0.4 is 5.73 Å². The third-order valence-electron chi connectivity index (χ3n) is 1.80. The van der Waals surface area contributed by atoms with E-state index in [0.29, 0.717) is 12.0 Å². The van der Waals surface area contributed by atoms with Gasteiger partial charge in [-0.05, 0) is 18.4 Å². The number of nitrogens with two attached hydrogens (primary N) is 1. The molecule has 0 aliphatic rings. The van der Waals surface area contributed by atoms with Crippen LogP contribution in [0.3, 0.4) is 0 Å². The molecule has 1 unspecified atom stereocenters. The molecule has 1 rings (SSSR count). The lowest BCUT2D eigenvalue weighted by Gasteiger charge is -2.05. The molecule has 0 aromatic carbocycles. The lowest BCUT2D eigenvalue weighted by atomic mass is 10.0. The first-order chi connectivity index (χ1) is 6.16. The standard InChI is InChI=1S/C10H11NOS/c1-3-4-9(11)10(12)8-5-6-13-7(8)2/h1,5-6,9H,4,11H2,2H3. The molecule has 1 aromatic heterocycles. The van der Waals surface area contributed by atoms with Crippen molar-refractivity contribution in [1.82, 2.24) is 0 Å². The normalized spacial score (nSPS) is 12.1. The van der Waals surface area contributed by atoms with Crippen LogP contribution in [-0.4, -0.2) is 11.8 Å². The highest BCUT2D eigenvalue weighted by Crippen LogP contribution is 2.16. The van der Waals surface area contributed by atoms with Crippen molar-refractivity contribution in [2.75, 3.05) is 0 Å². The van der Waals surface area contributed by atoms with Crippen LogP contribution >= 0.6 is 11.3 Å². The molecule has 0 spiro atoms. The minimum absolute atomic E-state index is 0.0586. The van der Waals surface area contributed by atoms with Crippen LogP contribution in [0.2, 0.25) is 0 Å².